The summed E-state index contributed by atoms with van der Waals surface area (Å²) in [7, 11) is 0. The highest BCUT2D eigenvalue weighted by Gasteiger charge is 2.22. The van der Waals surface area contributed by atoms with E-state index in [0.717, 1.165) is 16.1 Å². The van der Waals surface area contributed by atoms with E-state index in [1.807, 2.05) is 31.2 Å². The van der Waals surface area contributed by atoms with Gasteiger partial charge in [0.2, 0.25) is 5.82 Å². The normalized spacial score (nSPS) is 11.8. The van der Waals surface area contributed by atoms with Crippen molar-refractivity contribution in [2.24, 2.45) is 11.6 Å². The maximum Gasteiger partial charge on any atom is 0.276 e. The summed E-state index contributed by atoms with van der Waals surface area (Å²) in [6, 6.07) is 17.2. The highest BCUT2D eigenvalue weighted by atomic mass is 19.1. The Labute approximate surface area is 172 Å². The van der Waals surface area contributed by atoms with Gasteiger partial charge in [0, 0.05) is 23.5 Å². The average molecular weight is 402 g/mol. The van der Waals surface area contributed by atoms with Crippen molar-refractivity contribution in [1.29, 1.82) is 0 Å². The third-order valence-corrected chi connectivity index (χ3v) is 4.49. The van der Waals surface area contributed by atoms with Crippen molar-refractivity contribution in [2.45, 2.75) is 6.92 Å². The van der Waals surface area contributed by atoms with Crippen LogP contribution in [0.15, 0.2) is 77.6 Å². The predicted molar refractivity (Wildman–Crippen MR) is 113 cm³/mol. The van der Waals surface area contributed by atoms with Gasteiger partial charge in [0.25, 0.3) is 5.89 Å². The standard InChI is InChI=1S/C22H19FN6O/c1-14-5-4-6-16(13-14)21-27-22(30-28-21)19(24)20(15-9-11-26-12-10-15)29(25)18-8-3-2-7-17(18)23/h2-13H,24-25H2,1H3/b20-19-. The monoisotopic (exact) mass is 402 g/mol. The molecule has 0 aliphatic rings. The molecule has 0 saturated heterocycles. The SMILES string of the molecule is Cc1cccc(-c2noc(/C(N)=C(\c3ccncc3)N(N)c3ccccc3F)n2)c1. The summed E-state index contributed by atoms with van der Waals surface area (Å²) in [4.78, 5) is 8.43. The first-order valence-electron chi connectivity index (χ1n) is 9.15. The first-order chi connectivity index (χ1) is 14.5. The second-order valence-electron chi connectivity index (χ2n) is 6.61. The van der Waals surface area contributed by atoms with Crippen molar-refractivity contribution in [2.75, 3.05) is 5.01 Å². The van der Waals surface area contributed by atoms with E-state index in [1.54, 1.807) is 42.7 Å². The van der Waals surface area contributed by atoms with Crippen molar-refractivity contribution in [3.05, 3.63) is 95.9 Å². The average Bonchev–Trinajstić information content (AvgIpc) is 3.25. The fraction of sp³-hybridized carbons (Fsp3) is 0.0455. The minimum Gasteiger partial charge on any atom is -0.392 e. The predicted octanol–water partition coefficient (Wildman–Crippen LogP) is 3.74. The van der Waals surface area contributed by atoms with E-state index in [0.29, 0.717) is 17.1 Å². The van der Waals surface area contributed by atoms with Gasteiger partial charge in [0.15, 0.2) is 0 Å². The van der Waals surface area contributed by atoms with Crippen LogP contribution >= 0.6 is 0 Å². The van der Waals surface area contributed by atoms with E-state index in [1.165, 1.54) is 6.07 Å². The van der Waals surface area contributed by atoms with Crippen LogP contribution in [0.5, 0.6) is 0 Å². The zero-order valence-electron chi connectivity index (χ0n) is 16.2. The maximum atomic E-state index is 14.4. The van der Waals surface area contributed by atoms with Crippen LogP contribution < -0.4 is 16.6 Å². The quantitative estimate of drug-likeness (QED) is 0.387. The third-order valence-electron chi connectivity index (χ3n) is 4.49. The molecule has 8 heteroatoms. The number of halogens is 1. The number of anilines is 1. The summed E-state index contributed by atoms with van der Waals surface area (Å²) in [5.41, 5.74) is 9.43. The first kappa shape index (κ1) is 19.3. The lowest BCUT2D eigenvalue weighted by Crippen LogP contribution is -2.32. The minimum absolute atomic E-state index is 0.0742. The lowest BCUT2D eigenvalue weighted by atomic mass is 10.1. The second kappa shape index (κ2) is 8.14. The van der Waals surface area contributed by atoms with Gasteiger partial charge in [0.1, 0.15) is 11.5 Å². The molecule has 4 aromatic rings. The Morgan fingerprint density at radius 2 is 1.80 bits per heavy atom. The van der Waals surface area contributed by atoms with Crippen molar-refractivity contribution in [3.8, 4) is 11.4 Å². The molecule has 0 atom stereocenters. The Hall–Kier alpha value is -4.04. The number of aromatic nitrogens is 3. The number of hydrogen-bond donors (Lipinski definition) is 2. The molecule has 0 aliphatic heterocycles. The molecule has 0 unspecified atom stereocenters. The summed E-state index contributed by atoms with van der Waals surface area (Å²) < 4.78 is 19.8. The third kappa shape index (κ3) is 3.76. The Balaban J connectivity index is 1.83. The van der Waals surface area contributed by atoms with Crippen molar-refractivity contribution >= 4 is 17.1 Å². The Morgan fingerprint density at radius 3 is 2.53 bits per heavy atom. The number of nitrogens with two attached hydrogens (primary N) is 2. The lowest BCUT2D eigenvalue weighted by Gasteiger charge is -2.23. The summed E-state index contributed by atoms with van der Waals surface area (Å²) in [5, 5.41) is 5.19. The molecular formula is C22H19FN6O. The minimum atomic E-state index is -0.495. The topological polar surface area (TPSA) is 107 Å². The van der Waals surface area contributed by atoms with Crippen LogP contribution in [0.25, 0.3) is 22.8 Å². The van der Waals surface area contributed by atoms with E-state index < -0.39 is 5.82 Å². The van der Waals surface area contributed by atoms with Gasteiger partial charge in [-0.3, -0.25) is 9.99 Å². The van der Waals surface area contributed by atoms with E-state index in [4.69, 9.17) is 16.1 Å². The van der Waals surface area contributed by atoms with Gasteiger partial charge in [-0.05, 0) is 37.3 Å². The summed E-state index contributed by atoms with van der Waals surface area (Å²) in [6.45, 7) is 1.97. The van der Waals surface area contributed by atoms with Crippen molar-refractivity contribution in [1.82, 2.24) is 15.1 Å². The highest BCUT2D eigenvalue weighted by molar-refractivity contribution is 5.93. The fourth-order valence-corrected chi connectivity index (χ4v) is 3.04. The summed E-state index contributed by atoms with van der Waals surface area (Å²) in [6.07, 6.45) is 3.17. The van der Waals surface area contributed by atoms with Crippen LogP contribution in [0.4, 0.5) is 10.1 Å². The summed E-state index contributed by atoms with van der Waals surface area (Å²) >= 11 is 0. The Kier molecular flexibility index (Phi) is 5.23. The smallest absolute Gasteiger partial charge is 0.276 e. The summed E-state index contributed by atoms with van der Waals surface area (Å²) in [5.74, 6) is 6.26. The number of pyridine rings is 1. The zero-order valence-corrected chi connectivity index (χ0v) is 16.2. The van der Waals surface area contributed by atoms with E-state index in [2.05, 4.69) is 15.1 Å². The Morgan fingerprint density at radius 1 is 1.03 bits per heavy atom. The van der Waals surface area contributed by atoms with Gasteiger partial charge in [-0.25, -0.2) is 10.2 Å². The van der Waals surface area contributed by atoms with Gasteiger partial charge in [-0.1, -0.05) is 41.1 Å². The fourth-order valence-electron chi connectivity index (χ4n) is 3.04. The molecule has 0 bridgehead atoms. The molecule has 2 aromatic carbocycles. The van der Waals surface area contributed by atoms with Crippen LogP contribution in [0.1, 0.15) is 17.0 Å². The number of benzene rings is 2. The van der Waals surface area contributed by atoms with Gasteiger partial charge in [0.05, 0.1) is 11.4 Å². The van der Waals surface area contributed by atoms with Crippen LogP contribution in [-0.4, -0.2) is 15.1 Å². The molecule has 150 valence electrons. The molecule has 0 amide bonds. The molecule has 7 nitrogen and oxygen atoms in total. The van der Waals surface area contributed by atoms with Crippen LogP contribution in [0, 0.1) is 12.7 Å². The van der Waals surface area contributed by atoms with E-state index >= 15 is 0 Å². The highest BCUT2D eigenvalue weighted by Crippen LogP contribution is 2.30. The second-order valence-corrected chi connectivity index (χ2v) is 6.61. The number of hydrogen-bond acceptors (Lipinski definition) is 7. The number of hydrazine groups is 1. The molecule has 2 aromatic heterocycles. The molecule has 0 radical (unpaired) electrons. The van der Waals surface area contributed by atoms with Crippen molar-refractivity contribution < 1.29 is 8.91 Å². The number of nitrogens with zero attached hydrogens (tertiary/aromatic N) is 4. The molecular weight excluding hydrogens is 383 g/mol. The molecule has 0 fully saturated rings. The van der Waals surface area contributed by atoms with Gasteiger partial charge >= 0.3 is 0 Å². The molecule has 0 aliphatic carbocycles. The molecule has 0 spiro atoms. The largest absolute Gasteiger partial charge is 0.392 e. The van der Waals surface area contributed by atoms with Crippen LogP contribution in [0.2, 0.25) is 0 Å². The van der Waals surface area contributed by atoms with Crippen LogP contribution in [-0.2, 0) is 0 Å². The molecule has 4 N–H and O–H groups in total. The first-order valence-corrected chi connectivity index (χ1v) is 9.15. The van der Waals surface area contributed by atoms with Gasteiger partial charge in [-0.15, -0.1) is 0 Å². The van der Waals surface area contributed by atoms with Gasteiger partial charge < -0.3 is 10.3 Å². The number of para-hydroxylation sites is 1. The maximum absolute atomic E-state index is 14.4. The lowest BCUT2D eigenvalue weighted by molar-refractivity contribution is 0.408. The van der Waals surface area contributed by atoms with Crippen LogP contribution in [0.3, 0.4) is 0 Å². The van der Waals surface area contributed by atoms with E-state index in [9.17, 15) is 4.39 Å². The van der Waals surface area contributed by atoms with Crippen molar-refractivity contribution in [3.63, 3.8) is 0 Å². The molecule has 4 rings (SSSR count). The van der Waals surface area contributed by atoms with Gasteiger partial charge in [-0.2, -0.15) is 4.98 Å². The number of aryl methyl sites for hydroxylation is 1. The molecule has 2 heterocycles. The van der Waals surface area contributed by atoms with E-state index in [-0.39, 0.29) is 17.3 Å². The molecule has 30 heavy (non-hydrogen) atoms. The Bertz CT molecular complexity index is 1210. The zero-order chi connectivity index (χ0) is 21.1. The number of rotatable bonds is 5. The molecule has 0 saturated carbocycles.